The molecule has 1 amide bonds. The third-order valence-electron chi connectivity index (χ3n) is 3.74. The maximum Gasteiger partial charge on any atom is 0.338 e. The Morgan fingerprint density at radius 2 is 1.35 bits per heavy atom. The van der Waals surface area contributed by atoms with Crippen molar-refractivity contribution in [1.29, 1.82) is 0 Å². The van der Waals surface area contributed by atoms with Gasteiger partial charge in [-0.25, -0.2) is 4.79 Å². The summed E-state index contributed by atoms with van der Waals surface area (Å²) in [4.78, 5) is 36.2. The predicted molar refractivity (Wildman–Crippen MR) is 101 cm³/mol. The van der Waals surface area contributed by atoms with Crippen LogP contribution in [0.2, 0.25) is 0 Å². The second-order valence-corrected chi connectivity index (χ2v) is 6.91. The zero-order valence-electron chi connectivity index (χ0n) is 15.5. The quantitative estimate of drug-likeness (QED) is 0.641. The van der Waals surface area contributed by atoms with E-state index >= 15 is 0 Å². The van der Waals surface area contributed by atoms with Gasteiger partial charge >= 0.3 is 5.97 Å². The van der Waals surface area contributed by atoms with Crippen molar-refractivity contribution in [2.45, 2.75) is 27.7 Å². The normalized spacial score (nSPS) is 10.9. The Morgan fingerprint density at radius 3 is 1.85 bits per heavy atom. The first-order chi connectivity index (χ1) is 12.2. The summed E-state index contributed by atoms with van der Waals surface area (Å²) < 4.78 is 4.92. The number of nitrogens with one attached hydrogen (secondary N) is 1. The number of hydrogen-bond acceptors (Lipinski definition) is 4. The molecule has 0 saturated carbocycles. The predicted octanol–water partition coefficient (Wildman–Crippen LogP) is 4.34. The van der Waals surface area contributed by atoms with Crippen LogP contribution < -0.4 is 5.32 Å². The van der Waals surface area contributed by atoms with Crippen molar-refractivity contribution < 1.29 is 19.1 Å². The molecular weight excluding hydrogens is 330 g/mol. The molecule has 0 aromatic heterocycles. The molecule has 2 aromatic carbocycles. The first-order valence-corrected chi connectivity index (χ1v) is 8.46. The van der Waals surface area contributed by atoms with E-state index in [-0.39, 0.29) is 11.7 Å². The number of benzene rings is 2. The third kappa shape index (κ3) is 4.79. The zero-order chi connectivity index (χ0) is 19.3. The standard InChI is InChI=1S/C21H23NO4/c1-5-26-20(25)16-10-12-17(13-11-16)22-19(24)15-8-6-14(7-9-15)18(23)21(2,3)4/h6-13H,5H2,1-4H3,(H,22,24). The zero-order valence-corrected chi connectivity index (χ0v) is 15.5. The summed E-state index contributed by atoms with van der Waals surface area (Å²) in [5.74, 6) is -0.660. The molecule has 1 N–H and O–H groups in total. The van der Waals surface area contributed by atoms with Crippen molar-refractivity contribution >= 4 is 23.3 Å². The second-order valence-electron chi connectivity index (χ2n) is 6.91. The van der Waals surface area contributed by atoms with Crippen molar-refractivity contribution in [1.82, 2.24) is 0 Å². The Kier molecular flexibility index (Phi) is 5.93. The number of ether oxygens (including phenoxy) is 1. The molecule has 0 radical (unpaired) electrons. The lowest BCUT2D eigenvalue weighted by atomic mass is 9.86. The Labute approximate surface area is 153 Å². The summed E-state index contributed by atoms with van der Waals surface area (Å²) in [7, 11) is 0. The minimum atomic E-state index is -0.468. The van der Waals surface area contributed by atoms with Crippen LogP contribution in [0.4, 0.5) is 5.69 Å². The summed E-state index contributed by atoms with van der Waals surface area (Å²) in [5, 5.41) is 2.76. The lowest BCUT2D eigenvalue weighted by Crippen LogP contribution is -2.20. The number of ketones is 1. The van der Waals surface area contributed by atoms with Gasteiger partial charge in [0.25, 0.3) is 5.91 Å². The summed E-state index contributed by atoms with van der Waals surface area (Å²) in [6, 6.07) is 13.0. The van der Waals surface area contributed by atoms with Crippen LogP contribution in [-0.4, -0.2) is 24.3 Å². The van der Waals surface area contributed by atoms with Gasteiger partial charge < -0.3 is 10.1 Å². The van der Waals surface area contributed by atoms with Gasteiger partial charge in [-0.1, -0.05) is 32.9 Å². The van der Waals surface area contributed by atoms with E-state index < -0.39 is 11.4 Å². The number of esters is 1. The number of rotatable bonds is 5. The number of carbonyl (C=O) groups is 3. The highest BCUT2D eigenvalue weighted by Crippen LogP contribution is 2.21. The molecule has 5 heteroatoms. The summed E-state index contributed by atoms with van der Waals surface area (Å²) in [5.41, 5.74) is 1.55. The van der Waals surface area contributed by atoms with Gasteiger partial charge in [0.05, 0.1) is 12.2 Å². The van der Waals surface area contributed by atoms with Gasteiger partial charge in [0.1, 0.15) is 0 Å². The van der Waals surface area contributed by atoms with E-state index in [1.54, 1.807) is 55.5 Å². The topological polar surface area (TPSA) is 72.5 Å². The van der Waals surface area contributed by atoms with Crippen LogP contribution in [0, 0.1) is 5.41 Å². The van der Waals surface area contributed by atoms with E-state index in [4.69, 9.17) is 4.74 Å². The fourth-order valence-electron chi connectivity index (χ4n) is 2.31. The SMILES string of the molecule is CCOC(=O)c1ccc(NC(=O)c2ccc(C(=O)C(C)(C)C)cc2)cc1. The first kappa shape index (κ1) is 19.4. The summed E-state index contributed by atoms with van der Waals surface area (Å²) in [6.07, 6.45) is 0. The molecule has 2 aromatic rings. The molecule has 0 aliphatic heterocycles. The molecule has 0 spiro atoms. The fourth-order valence-corrected chi connectivity index (χ4v) is 2.31. The van der Waals surface area contributed by atoms with Gasteiger partial charge in [-0.2, -0.15) is 0 Å². The van der Waals surface area contributed by atoms with Gasteiger partial charge in [0, 0.05) is 22.2 Å². The number of hydrogen-bond donors (Lipinski definition) is 1. The highest BCUT2D eigenvalue weighted by atomic mass is 16.5. The van der Waals surface area contributed by atoms with Crippen LogP contribution in [0.25, 0.3) is 0 Å². The Bertz CT molecular complexity index is 799. The molecule has 0 fully saturated rings. The average molecular weight is 353 g/mol. The minimum Gasteiger partial charge on any atom is -0.462 e. The van der Waals surface area contributed by atoms with Gasteiger partial charge in [-0.15, -0.1) is 0 Å². The molecule has 5 nitrogen and oxygen atoms in total. The van der Waals surface area contributed by atoms with Crippen molar-refractivity contribution in [3.05, 3.63) is 65.2 Å². The van der Waals surface area contributed by atoms with E-state index in [1.165, 1.54) is 0 Å². The van der Waals surface area contributed by atoms with Gasteiger partial charge in [-0.3, -0.25) is 9.59 Å². The average Bonchev–Trinajstić information content (AvgIpc) is 2.61. The molecule has 0 atom stereocenters. The van der Waals surface area contributed by atoms with Gasteiger partial charge in [0.15, 0.2) is 5.78 Å². The third-order valence-corrected chi connectivity index (χ3v) is 3.74. The molecule has 0 heterocycles. The van der Waals surface area contributed by atoms with Gasteiger partial charge in [-0.05, 0) is 43.3 Å². The van der Waals surface area contributed by atoms with Crippen molar-refractivity contribution in [3.8, 4) is 0 Å². The maximum atomic E-state index is 12.3. The number of anilines is 1. The number of carbonyl (C=O) groups excluding carboxylic acids is 3. The first-order valence-electron chi connectivity index (χ1n) is 8.46. The highest BCUT2D eigenvalue weighted by molar-refractivity contribution is 6.06. The van der Waals surface area contributed by atoms with E-state index in [1.807, 2.05) is 20.8 Å². The molecule has 0 saturated heterocycles. The van der Waals surface area contributed by atoms with Crippen LogP contribution in [0.15, 0.2) is 48.5 Å². The molecule has 0 unspecified atom stereocenters. The Hall–Kier alpha value is -2.95. The van der Waals surface area contributed by atoms with Crippen molar-refractivity contribution in [2.75, 3.05) is 11.9 Å². The largest absolute Gasteiger partial charge is 0.462 e. The Balaban J connectivity index is 2.06. The van der Waals surface area contributed by atoms with E-state index in [0.717, 1.165) is 0 Å². The molecule has 2 rings (SSSR count). The van der Waals surface area contributed by atoms with E-state index in [0.29, 0.717) is 29.0 Å². The minimum absolute atomic E-state index is 0.0269. The highest BCUT2D eigenvalue weighted by Gasteiger charge is 2.22. The Morgan fingerprint density at radius 1 is 0.846 bits per heavy atom. The van der Waals surface area contributed by atoms with Crippen LogP contribution >= 0.6 is 0 Å². The lowest BCUT2D eigenvalue weighted by molar-refractivity contribution is 0.0526. The monoisotopic (exact) mass is 353 g/mol. The van der Waals surface area contributed by atoms with Crippen LogP contribution in [-0.2, 0) is 4.74 Å². The van der Waals surface area contributed by atoms with E-state index in [9.17, 15) is 14.4 Å². The smallest absolute Gasteiger partial charge is 0.338 e. The van der Waals surface area contributed by atoms with Crippen LogP contribution in [0.1, 0.15) is 58.8 Å². The second kappa shape index (κ2) is 7.95. The molecule has 0 aliphatic carbocycles. The van der Waals surface area contributed by atoms with Crippen molar-refractivity contribution in [3.63, 3.8) is 0 Å². The maximum absolute atomic E-state index is 12.3. The number of Topliss-reactive ketones (excluding diaryl/α,β-unsaturated/α-hetero) is 1. The molecular formula is C21H23NO4. The molecule has 0 aliphatic rings. The van der Waals surface area contributed by atoms with Crippen LogP contribution in [0.3, 0.4) is 0 Å². The summed E-state index contributed by atoms with van der Waals surface area (Å²) in [6.45, 7) is 7.62. The summed E-state index contributed by atoms with van der Waals surface area (Å²) >= 11 is 0. The van der Waals surface area contributed by atoms with Gasteiger partial charge in [0.2, 0.25) is 0 Å². The molecule has 26 heavy (non-hydrogen) atoms. The van der Waals surface area contributed by atoms with Crippen LogP contribution in [0.5, 0.6) is 0 Å². The van der Waals surface area contributed by atoms with E-state index in [2.05, 4.69) is 5.32 Å². The van der Waals surface area contributed by atoms with Crippen molar-refractivity contribution in [2.24, 2.45) is 5.41 Å². The fraction of sp³-hybridized carbons (Fsp3) is 0.286. The lowest BCUT2D eigenvalue weighted by Gasteiger charge is -2.16. The number of amides is 1. The molecule has 0 bridgehead atoms. The molecule has 136 valence electrons.